The van der Waals surface area contributed by atoms with Crippen molar-refractivity contribution >= 4 is 38.9 Å². The van der Waals surface area contributed by atoms with Gasteiger partial charge in [-0.25, -0.2) is 13.4 Å². The maximum Gasteiger partial charge on any atom is 0.264 e. The second-order valence-corrected chi connectivity index (χ2v) is 11.0. The van der Waals surface area contributed by atoms with Crippen molar-refractivity contribution in [2.75, 3.05) is 4.31 Å². The molecular weight excluding hydrogens is 489 g/mol. The van der Waals surface area contributed by atoms with Crippen LogP contribution in [0.15, 0.2) is 78.0 Å². The van der Waals surface area contributed by atoms with Crippen LogP contribution in [0, 0.1) is 13.8 Å². The molecule has 0 aliphatic heterocycles. The van der Waals surface area contributed by atoms with E-state index in [1.54, 1.807) is 42.7 Å². The molecule has 8 heteroatoms. The second-order valence-electron chi connectivity index (χ2n) is 8.33. The lowest BCUT2D eigenvalue weighted by Gasteiger charge is -2.27. The van der Waals surface area contributed by atoms with Gasteiger partial charge in [0.25, 0.3) is 10.0 Å². The van der Waals surface area contributed by atoms with E-state index in [9.17, 15) is 8.42 Å². The van der Waals surface area contributed by atoms with Crippen molar-refractivity contribution in [2.45, 2.75) is 31.7 Å². The lowest BCUT2D eigenvalue weighted by Crippen LogP contribution is -2.32. The topological polar surface area (TPSA) is 55.2 Å². The molecule has 0 aliphatic carbocycles. The maximum atomic E-state index is 14.1. The van der Waals surface area contributed by atoms with E-state index in [0.717, 1.165) is 22.3 Å². The summed E-state index contributed by atoms with van der Waals surface area (Å²) in [6.45, 7) is 3.84. The summed E-state index contributed by atoms with van der Waals surface area (Å²) >= 11 is 12.8. The quantitative estimate of drug-likeness (QED) is 0.290. The molecule has 0 radical (unpaired) electrons. The number of anilines is 1. The van der Waals surface area contributed by atoms with Crippen molar-refractivity contribution in [1.29, 1.82) is 0 Å². The Balaban J connectivity index is 1.89. The summed E-state index contributed by atoms with van der Waals surface area (Å²) in [7, 11) is -2.08. The molecular formula is C26H25Cl2N3O2S. The minimum absolute atomic E-state index is 0.0655. The SMILES string of the molecule is Cc1cc(C)cc(S(=O)(=O)N(Cc2nccn2C)c2ccc(Cl)cc2Cc2ccccc2Cl)c1. The zero-order chi connectivity index (χ0) is 24.5. The fraction of sp³-hybridized carbons (Fsp3) is 0.192. The summed E-state index contributed by atoms with van der Waals surface area (Å²) < 4.78 is 31.3. The average molecular weight is 514 g/mol. The molecule has 0 spiro atoms. The first-order valence-electron chi connectivity index (χ1n) is 10.7. The van der Waals surface area contributed by atoms with E-state index in [2.05, 4.69) is 4.98 Å². The summed E-state index contributed by atoms with van der Waals surface area (Å²) in [5, 5.41) is 1.13. The lowest BCUT2D eigenvalue weighted by molar-refractivity contribution is 0.588. The maximum absolute atomic E-state index is 14.1. The van der Waals surface area contributed by atoms with Gasteiger partial charge in [0, 0.05) is 35.9 Å². The number of nitrogens with zero attached hydrogens (tertiary/aromatic N) is 3. The second kappa shape index (κ2) is 9.82. The summed E-state index contributed by atoms with van der Waals surface area (Å²) in [6, 6.07) is 18.1. The number of aromatic nitrogens is 2. The molecule has 0 aliphatic rings. The first-order chi connectivity index (χ1) is 16.1. The number of benzene rings is 3. The molecule has 34 heavy (non-hydrogen) atoms. The Labute approximate surface area is 210 Å². The Morgan fingerprint density at radius 3 is 2.29 bits per heavy atom. The fourth-order valence-electron chi connectivity index (χ4n) is 3.97. The Morgan fingerprint density at radius 2 is 1.65 bits per heavy atom. The molecule has 0 atom stereocenters. The summed E-state index contributed by atoms with van der Waals surface area (Å²) in [5.74, 6) is 0.617. The van der Waals surface area contributed by atoms with Crippen molar-refractivity contribution in [2.24, 2.45) is 7.05 Å². The molecule has 0 bridgehead atoms. The van der Waals surface area contributed by atoms with Gasteiger partial charge in [0.05, 0.1) is 17.1 Å². The van der Waals surface area contributed by atoms with Crippen LogP contribution >= 0.6 is 23.2 Å². The van der Waals surface area contributed by atoms with Crippen molar-refractivity contribution in [1.82, 2.24) is 9.55 Å². The van der Waals surface area contributed by atoms with Crippen molar-refractivity contribution in [3.05, 3.63) is 111 Å². The zero-order valence-corrected chi connectivity index (χ0v) is 21.5. The van der Waals surface area contributed by atoms with Gasteiger partial charge >= 0.3 is 0 Å². The molecule has 0 amide bonds. The predicted octanol–water partition coefficient (Wildman–Crippen LogP) is 6.33. The number of halogens is 2. The summed E-state index contributed by atoms with van der Waals surface area (Å²) in [4.78, 5) is 4.61. The third kappa shape index (κ3) is 5.14. The summed E-state index contributed by atoms with van der Waals surface area (Å²) in [5.41, 5.74) is 3.92. The third-order valence-electron chi connectivity index (χ3n) is 5.64. The smallest absolute Gasteiger partial charge is 0.264 e. The van der Waals surface area contributed by atoms with Crippen molar-refractivity contribution < 1.29 is 8.42 Å². The van der Waals surface area contributed by atoms with Gasteiger partial charge in [0.2, 0.25) is 0 Å². The Kier molecular flexibility index (Phi) is 7.03. The number of aryl methyl sites for hydroxylation is 3. The molecule has 1 heterocycles. The molecule has 3 aromatic carbocycles. The molecule has 4 rings (SSSR count). The molecule has 5 nitrogen and oxygen atoms in total. The van der Waals surface area contributed by atoms with E-state index in [-0.39, 0.29) is 11.4 Å². The van der Waals surface area contributed by atoms with Crippen LogP contribution in [0.4, 0.5) is 5.69 Å². The number of sulfonamides is 1. The van der Waals surface area contributed by atoms with Crippen molar-refractivity contribution in [3.63, 3.8) is 0 Å². The normalized spacial score (nSPS) is 11.6. The first kappa shape index (κ1) is 24.3. The fourth-order valence-corrected chi connectivity index (χ4v) is 6.02. The van der Waals surface area contributed by atoms with Crippen LogP contribution in [0.1, 0.15) is 28.1 Å². The predicted molar refractivity (Wildman–Crippen MR) is 138 cm³/mol. The molecule has 0 fully saturated rings. The van der Waals surface area contributed by atoms with Crippen LogP contribution in [-0.4, -0.2) is 18.0 Å². The Bertz CT molecular complexity index is 1430. The van der Waals surface area contributed by atoms with E-state index in [1.807, 2.05) is 55.8 Å². The average Bonchev–Trinajstić information content (AvgIpc) is 3.18. The van der Waals surface area contributed by atoms with Crippen LogP contribution in [0.3, 0.4) is 0 Å². The minimum atomic E-state index is -3.93. The molecule has 4 aromatic rings. The van der Waals surface area contributed by atoms with Gasteiger partial charge in [-0.3, -0.25) is 4.31 Å². The van der Waals surface area contributed by atoms with Crippen molar-refractivity contribution in [3.8, 4) is 0 Å². The van der Waals surface area contributed by atoms with Crippen LogP contribution in [-0.2, 0) is 30.0 Å². The van der Waals surface area contributed by atoms with E-state index in [0.29, 0.717) is 28.0 Å². The zero-order valence-electron chi connectivity index (χ0n) is 19.2. The highest BCUT2D eigenvalue weighted by Crippen LogP contribution is 2.33. The number of rotatable bonds is 7. The molecule has 0 saturated carbocycles. The highest BCUT2D eigenvalue weighted by atomic mass is 35.5. The van der Waals surface area contributed by atoms with Crippen LogP contribution in [0.25, 0.3) is 0 Å². The van der Waals surface area contributed by atoms with E-state index in [1.165, 1.54) is 4.31 Å². The Hall–Kier alpha value is -2.80. The highest BCUT2D eigenvalue weighted by molar-refractivity contribution is 7.92. The summed E-state index contributed by atoms with van der Waals surface area (Å²) in [6.07, 6.45) is 3.88. The van der Waals surface area contributed by atoms with E-state index >= 15 is 0 Å². The molecule has 176 valence electrons. The highest BCUT2D eigenvalue weighted by Gasteiger charge is 2.29. The van der Waals surface area contributed by atoms with Gasteiger partial charge in [0.1, 0.15) is 5.82 Å². The van der Waals surface area contributed by atoms with E-state index in [4.69, 9.17) is 23.2 Å². The first-order valence-corrected chi connectivity index (χ1v) is 12.9. The molecule has 0 saturated heterocycles. The number of imidazole rings is 1. The van der Waals surface area contributed by atoms with Gasteiger partial charge in [-0.2, -0.15) is 0 Å². The minimum Gasteiger partial charge on any atom is -0.336 e. The monoisotopic (exact) mass is 513 g/mol. The van der Waals surface area contributed by atoms with Crippen LogP contribution in [0.5, 0.6) is 0 Å². The largest absolute Gasteiger partial charge is 0.336 e. The lowest BCUT2D eigenvalue weighted by atomic mass is 10.0. The van der Waals surface area contributed by atoms with Gasteiger partial charge < -0.3 is 4.57 Å². The molecule has 0 N–H and O–H groups in total. The Morgan fingerprint density at radius 1 is 0.941 bits per heavy atom. The molecule has 0 unspecified atom stereocenters. The van der Waals surface area contributed by atoms with Crippen LogP contribution < -0.4 is 4.31 Å². The molecule has 1 aromatic heterocycles. The number of hydrogen-bond acceptors (Lipinski definition) is 3. The van der Waals surface area contributed by atoms with Gasteiger partial charge in [-0.05, 0) is 72.5 Å². The van der Waals surface area contributed by atoms with Gasteiger partial charge in [-0.1, -0.05) is 47.5 Å². The number of hydrogen-bond donors (Lipinski definition) is 0. The van der Waals surface area contributed by atoms with E-state index < -0.39 is 10.0 Å². The van der Waals surface area contributed by atoms with Gasteiger partial charge in [-0.15, -0.1) is 0 Å². The van der Waals surface area contributed by atoms with Gasteiger partial charge in [0.15, 0.2) is 0 Å². The van der Waals surface area contributed by atoms with Crippen LogP contribution in [0.2, 0.25) is 10.0 Å². The third-order valence-corrected chi connectivity index (χ3v) is 7.98. The standard InChI is InChI=1S/C26H25Cl2N3O2S/c1-18-12-19(2)14-23(13-18)34(32,33)31(17-26-29-10-11-30(26)3)25-9-8-22(27)16-21(25)15-20-6-4-5-7-24(20)28/h4-14,16H,15,17H2,1-3H3.